The first-order valence-electron chi connectivity index (χ1n) is 4.52. The molecule has 2 rings (SSSR count). The van der Waals surface area contributed by atoms with E-state index < -0.39 is 5.82 Å². The maximum absolute atomic E-state index is 13.4. The molecule has 0 fully saturated rings. The third kappa shape index (κ3) is 2.10. The number of hydrogen-bond acceptors (Lipinski definition) is 2. The van der Waals surface area contributed by atoms with Crippen molar-refractivity contribution in [2.45, 2.75) is 0 Å². The summed E-state index contributed by atoms with van der Waals surface area (Å²) in [5.41, 5.74) is 1.57. The van der Waals surface area contributed by atoms with Gasteiger partial charge < -0.3 is 0 Å². The molecule has 0 saturated heterocycles. The largest absolute Gasteiger partial charge is 0.249 e. The quantitative estimate of drug-likeness (QED) is 0.748. The maximum atomic E-state index is 13.4. The van der Waals surface area contributed by atoms with Gasteiger partial charge in [0.2, 0.25) is 0 Å². The number of nitrogens with zero attached hydrogens (tertiary/aromatic N) is 2. The minimum absolute atomic E-state index is 0.0498. The number of nitriles is 1. The van der Waals surface area contributed by atoms with Gasteiger partial charge in [-0.15, -0.1) is 0 Å². The summed E-state index contributed by atoms with van der Waals surface area (Å²) in [5, 5.41) is 8.61. The Morgan fingerprint density at radius 1 is 1.19 bits per heavy atom. The first kappa shape index (κ1) is 10.8. The van der Waals surface area contributed by atoms with Gasteiger partial charge in [-0.3, -0.25) is 0 Å². The molecule has 16 heavy (non-hydrogen) atoms. The van der Waals surface area contributed by atoms with E-state index in [1.807, 2.05) is 6.07 Å². The van der Waals surface area contributed by atoms with Gasteiger partial charge in [0.1, 0.15) is 16.5 Å². The predicted molar refractivity (Wildman–Crippen MR) is 62.0 cm³/mol. The lowest BCUT2D eigenvalue weighted by atomic mass is 10.1. The Kier molecular flexibility index (Phi) is 2.97. The highest BCUT2D eigenvalue weighted by atomic mass is 79.9. The average molecular weight is 277 g/mol. The molecule has 0 unspecified atom stereocenters. The van der Waals surface area contributed by atoms with Crippen LogP contribution >= 0.6 is 15.9 Å². The van der Waals surface area contributed by atoms with Crippen molar-refractivity contribution in [1.29, 1.82) is 5.26 Å². The molecule has 0 spiro atoms. The molecule has 1 heterocycles. The van der Waals surface area contributed by atoms with Crippen LogP contribution in [0, 0.1) is 17.1 Å². The number of rotatable bonds is 1. The number of benzene rings is 1. The van der Waals surface area contributed by atoms with Crippen molar-refractivity contribution in [3.8, 4) is 17.2 Å². The summed E-state index contributed by atoms with van der Waals surface area (Å²) in [6.45, 7) is 0. The monoisotopic (exact) mass is 276 g/mol. The highest BCUT2D eigenvalue weighted by molar-refractivity contribution is 9.10. The molecule has 0 N–H and O–H groups in total. The van der Waals surface area contributed by atoms with E-state index in [1.165, 1.54) is 12.1 Å². The van der Waals surface area contributed by atoms with Gasteiger partial charge in [0.15, 0.2) is 0 Å². The summed E-state index contributed by atoms with van der Waals surface area (Å²) in [6.07, 6.45) is 1.64. The van der Waals surface area contributed by atoms with Crippen LogP contribution in [0.3, 0.4) is 0 Å². The molecule has 4 heteroatoms. The molecular formula is C12H6BrFN2. The molecule has 1 aromatic carbocycles. The third-order valence-corrected chi connectivity index (χ3v) is 2.62. The minimum atomic E-state index is -0.511. The van der Waals surface area contributed by atoms with Crippen molar-refractivity contribution in [2.24, 2.45) is 0 Å². The van der Waals surface area contributed by atoms with E-state index in [4.69, 9.17) is 5.26 Å². The minimum Gasteiger partial charge on any atom is -0.249 e. The Morgan fingerprint density at radius 3 is 2.50 bits per heavy atom. The lowest BCUT2D eigenvalue weighted by Crippen LogP contribution is -1.86. The van der Waals surface area contributed by atoms with E-state index >= 15 is 0 Å². The fourth-order valence-corrected chi connectivity index (χ4v) is 1.57. The molecule has 0 atom stereocenters. The molecule has 0 saturated carbocycles. The Bertz CT molecular complexity index is 558. The standard InChI is InChI=1S/C12H6BrFN2/c13-12-4-3-10(7-16-12)8-1-2-9(6-15)11(14)5-8/h1-5,7H. The zero-order valence-electron chi connectivity index (χ0n) is 8.11. The molecule has 0 aliphatic carbocycles. The van der Waals surface area contributed by atoms with Crippen molar-refractivity contribution < 1.29 is 4.39 Å². The highest BCUT2D eigenvalue weighted by Crippen LogP contribution is 2.22. The van der Waals surface area contributed by atoms with E-state index in [9.17, 15) is 4.39 Å². The molecule has 0 aliphatic heterocycles. The Morgan fingerprint density at radius 2 is 1.94 bits per heavy atom. The number of halogens is 2. The second-order valence-corrected chi connectivity index (χ2v) is 3.99. The van der Waals surface area contributed by atoms with Gasteiger partial charge in [-0.2, -0.15) is 5.26 Å². The van der Waals surface area contributed by atoms with Gasteiger partial charge >= 0.3 is 0 Å². The highest BCUT2D eigenvalue weighted by Gasteiger charge is 2.04. The molecule has 0 bridgehead atoms. The molecular weight excluding hydrogens is 271 g/mol. The van der Waals surface area contributed by atoms with Crippen LogP contribution in [0.4, 0.5) is 4.39 Å². The van der Waals surface area contributed by atoms with E-state index in [-0.39, 0.29) is 5.56 Å². The van der Waals surface area contributed by atoms with Gasteiger partial charge in [0, 0.05) is 11.8 Å². The first-order chi connectivity index (χ1) is 7.70. The number of hydrogen-bond donors (Lipinski definition) is 0. The van der Waals surface area contributed by atoms with Crippen LogP contribution in [-0.4, -0.2) is 4.98 Å². The van der Waals surface area contributed by atoms with Gasteiger partial charge in [-0.1, -0.05) is 12.1 Å². The van der Waals surface area contributed by atoms with Crippen LogP contribution < -0.4 is 0 Å². The van der Waals surface area contributed by atoms with Crippen LogP contribution in [-0.2, 0) is 0 Å². The Labute approximate surface area is 100 Å². The molecule has 0 aliphatic rings. The molecule has 0 radical (unpaired) electrons. The van der Waals surface area contributed by atoms with Crippen LogP contribution in [0.25, 0.3) is 11.1 Å². The van der Waals surface area contributed by atoms with E-state index in [1.54, 1.807) is 24.4 Å². The zero-order chi connectivity index (χ0) is 11.5. The third-order valence-electron chi connectivity index (χ3n) is 2.15. The lowest BCUT2D eigenvalue weighted by molar-refractivity contribution is 0.624. The van der Waals surface area contributed by atoms with Crippen molar-refractivity contribution >= 4 is 15.9 Å². The topological polar surface area (TPSA) is 36.7 Å². The fraction of sp³-hybridized carbons (Fsp3) is 0. The number of pyridine rings is 1. The summed E-state index contributed by atoms with van der Waals surface area (Å²) in [6, 6.07) is 9.90. The van der Waals surface area contributed by atoms with Crippen molar-refractivity contribution in [1.82, 2.24) is 4.98 Å². The van der Waals surface area contributed by atoms with Gasteiger partial charge in [0.05, 0.1) is 5.56 Å². The fourth-order valence-electron chi connectivity index (χ4n) is 1.33. The van der Waals surface area contributed by atoms with E-state index in [0.29, 0.717) is 5.56 Å². The van der Waals surface area contributed by atoms with Gasteiger partial charge in [-0.25, -0.2) is 9.37 Å². The number of aromatic nitrogens is 1. The molecule has 1 aromatic heterocycles. The van der Waals surface area contributed by atoms with Crippen molar-refractivity contribution in [2.75, 3.05) is 0 Å². The van der Waals surface area contributed by atoms with E-state index in [0.717, 1.165) is 10.2 Å². The van der Waals surface area contributed by atoms with Gasteiger partial charge in [-0.05, 0) is 39.7 Å². The van der Waals surface area contributed by atoms with Crippen LogP contribution in [0.1, 0.15) is 5.56 Å². The normalized spacial score (nSPS) is 9.81. The van der Waals surface area contributed by atoms with Crippen LogP contribution in [0.15, 0.2) is 41.1 Å². The Hall–Kier alpha value is -1.73. The molecule has 2 nitrogen and oxygen atoms in total. The van der Waals surface area contributed by atoms with Crippen molar-refractivity contribution in [3.63, 3.8) is 0 Å². The smallest absolute Gasteiger partial charge is 0.141 e. The second kappa shape index (κ2) is 4.42. The molecule has 2 aromatic rings. The Balaban J connectivity index is 2.46. The summed E-state index contributed by atoms with van der Waals surface area (Å²) in [5.74, 6) is -0.511. The van der Waals surface area contributed by atoms with E-state index in [2.05, 4.69) is 20.9 Å². The maximum Gasteiger partial charge on any atom is 0.141 e. The zero-order valence-corrected chi connectivity index (χ0v) is 9.70. The summed E-state index contributed by atoms with van der Waals surface area (Å²) in [7, 11) is 0. The molecule has 78 valence electrons. The van der Waals surface area contributed by atoms with Crippen LogP contribution in [0.2, 0.25) is 0 Å². The second-order valence-electron chi connectivity index (χ2n) is 3.18. The van der Waals surface area contributed by atoms with Crippen molar-refractivity contribution in [3.05, 3.63) is 52.5 Å². The summed E-state index contributed by atoms with van der Waals surface area (Å²) in [4.78, 5) is 4.06. The van der Waals surface area contributed by atoms with Gasteiger partial charge in [0.25, 0.3) is 0 Å². The summed E-state index contributed by atoms with van der Waals surface area (Å²) >= 11 is 3.23. The first-order valence-corrected chi connectivity index (χ1v) is 5.31. The SMILES string of the molecule is N#Cc1ccc(-c2ccc(Br)nc2)cc1F. The van der Waals surface area contributed by atoms with Crippen LogP contribution in [0.5, 0.6) is 0 Å². The summed E-state index contributed by atoms with van der Waals surface area (Å²) < 4.78 is 14.1. The predicted octanol–water partition coefficient (Wildman–Crippen LogP) is 3.52. The molecule has 0 amide bonds. The lowest BCUT2D eigenvalue weighted by Gasteiger charge is -2.02. The average Bonchev–Trinajstić information content (AvgIpc) is 2.30.